The number of carbonyl (C=O) groups excluding carboxylic acids is 1. The molecule has 0 radical (unpaired) electrons. The summed E-state index contributed by atoms with van der Waals surface area (Å²) in [5.74, 6) is 8.31. The van der Waals surface area contributed by atoms with E-state index in [1.54, 1.807) is 12.1 Å². The highest BCUT2D eigenvalue weighted by molar-refractivity contribution is 7.99. The van der Waals surface area contributed by atoms with E-state index in [9.17, 15) is 4.79 Å². The van der Waals surface area contributed by atoms with Crippen molar-refractivity contribution in [2.75, 3.05) is 5.75 Å². The van der Waals surface area contributed by atoms with Crippen LogP contribution >= 0.6 is 11.8 Å². The number of fused-ring (bicyclic) bond motifs is 1. The predicted molar refractivity (Wildman–Crippen MR) is 92.6 cm³/mol. The molecule has 1 unspecified atom stereocenters. The third-order valence-corrected chi connectivity index (χ3v) is 5.24. The van der Waals surface area contributed by atoms with Gasteiger partial charge in [-0.1, -0.05) is 49.1 Å². The second kappa shape index (κ2) is 6.85. The zero-order valence-corrected chi connectivity index (χ0v) is 13.5. The van der Waals surface area contributed by atoms with Crippen molar-refractivity contribution >= 4 is 18.0 Å². The molecule has 1 aliphatic heterocycles. The maximum Gasteiger partial charge on any atom is 0.150 e. The average Bonchev–Trinajstić information content (AvgIpc) is 2.56. The van der Waals surface area contributed by atoms with E-state index in [0.717, 1.165) is 18.3 Å². The minimum Gasteiger partial charge on any atom is -0.298 e. The average molecular weight is 306 g/mol. The van der Waals surface area contributed by atoms with E-state index >= 15 is 0 Å². The number of hydrogen-bond acceptors (Lipinski definition) is 2. The Kier molecular flexibility index (Phi) is 4.65. The molecule has 0 bridgehead atoms. The van der Waals surface area contributed by atoms with Gasteiger partial charge in [-0.05, 0) is 41.4 Å². The number of aldehydes is 1. The van der Waals surface area contributed by atoms with Gasteiger partial charge in [-0.3, -0.25) is 4.79 Å². The van der Waals surface area contributed by atoms with Crippen molar-refractivity contribution in [2.45, 2.75) is 30.6 Å². The summed E-state index contributed by atoms with van der Waals surface area (Å²) in [5.41, 5.74) is 4.46. The van der Waals surface area contributed by atoms with Crippen LogP contribution < -0.4 is 0 Å². The highest BCUT2D eigenvalue weighted by Crippen LogP contribution is 2.39. The van der Waals surface area contributed by atoms with E-state index in [2.05, 4.69) is 37.0 Å². The Morgan fingerprint density at radius 1 is 1.23 bits per heavy atom. The monoisotopic (exact) mass is 306 g/mol. The molecule has 2 aromatic rings. The largest absolute Gasteiger partial charge is 0.298 e. The van der Waals surface area contributed by atoms with Gasteiger partial charge in [0.1, 0.15) is 6.29 Å². The highest BCUT2D eigenvalue weighted by Gasteiger charge is 2.18. The lowest BCUT2D eigenvalue weighted by Gasteiger charge is -2.23. The van der Waals surface area contributed by atoms with Gasteiger partial charge >= 0.3 is 0 Å². The molecule has 0 fully saturated rings. The fourth-order valence-electron chi connectivity index (χ4n) is 2.69. The first-order valence-corrected chi connectivity index (χ1v) is 8.55. The van der Waals surface area contributed by atoms with Crippen molar-refractivity contribution < 1.29 is 4.79 Å². The standard InChI is InChI=1S/C20H18OS/c1-15-12-13-22-20-18(6-3-7-19(15)20)5-2-4-16-8-10-17(14-21)11-9-16/h3,6-11,14-15H,5,12-13H2,1H3. The van der Waals surface area contributed by atoms with Crippen LogP contribution in [0.25, 0.3) is 0 Å². The number of carbonyl (C=O) groups is 1. The topological polar surface area (TPSA) is 17.1 Å². The van der Waals surface area contributed by atoms with Crippen LogP contribution in [-0.2, 0) is 6.42 Å². The van der Waals surface area contributed by atoms with Gasteiger partial charge in [0.05, 0.1) is 0 Å². The van der Waals surface area contributed by atoms with Gasteiger partial charge in [0.2, 0.25) is 0 Å². The molecule has 0 amide bonds. The Morgan fingerprint density at radius 3 is 2.82 bits per heavy atom. The summed E-state index contributed by atoms with van der Waals surface area (Å²) in [6.07, 6.45) is 2.89. The summed E-state index contributed by atoms with van der Waals surface area (Å²) in [5, 5.41) is 0. The van der Waals surface area contributed by atoms with Crippen LogP contribution in [0.5, 0.6) is 0 Å². The Labute approximate surface area is 136 Å². The highest BCUT2D eigenvalue weighted by atomic mass is 32.2. The second-order valence-electron chi connectivity index (χ2n) is 5.59. The minimum absolute atomic E-state index is 0.653. The fourth-order valence-corrected chi connectivity index (χ4v) is 4.12. The van der Waals surface area contributed by atoms with E-state index in [1.807, 2.05) is 23.9 Å². The van der Waals surface area contributed by atoms with Crippen LogP contribution in [0, 0.1) is 11.8 Å². The van der Waals surface area contributed by atoms with E-state index in [-0.39, 0.29) is 0 Å². The van der Waals surface area contributed by atoms with Crippen LogP contribution in [0.4, 0.5) is 0 Å². The summed E-state index contributed by atoms with van der Waals surface area (Å²) < 4.78 is 0. The lowest BCUT2D eigenvalue weighted by atomic mass is 9.95. The maximum atomic E-state index is 10.6. The fraction of sp³-hybridized carbons (Fsp3) is 0.250. The molecule has 2 heteroatoms. The quantitative estimate of drug-likeness (QED) is 0.591. The molecule has 22 heavy (non-hydrogen) atoms. The van der Waals surface area contributed by atoms with Crippen molar-refractivity contribution in [2.24, 2.45) is 0 Å². The van der Waals surface area contributed by atoms with E-state index < -0.39 is 0 Å². The molecule has 1 atom stereocenters. The number of thioether (sulfide) groups is 1. The molecule has 0 N–H and O–H groups in total. The van der Waals surface area contributed by atoms with Gasteiger partial charge in [0.25, 0.3) is 0 Å². The molecule has 0 saturated carbocycles. The number of hydrogen-bond donors (Lipinski definition) is 0. The van der Waals surface area contributed by atoms with Gasteiger partial charge in [0, 0.05) is 22.4 Å². The molecule has 1 nitrogen and oxygen atoms in total. The molecule has 110 valence electrons. The normalized spacial score (nSPS) is 16.3. The molecule has 2 aromatic carbocycles. The lowest BCUT2D eigenvalue weighted by molar-refractivity contribution is 0.112. The molecular weight excluding hydrogens is 288 g/mol. The summed E-state index contributed by atoms with van der Waals surface area (Å²) in [6.45, 7) is 2.31. The summed E-state index contributed by atoms with van der Waals surface area (Å²) >= 11 is 1.96. The van der Waals surface area contributed by atoms with Crippen LogP contribution in [0.1, 0.15) is 46.3 Å². The molecular formula is C20H18OS. The first kappa shape index (κ1) is 14.9. The SMILES string of the molecule is CC1CCSc2c(CC#Cc3ccc(C=O)cc3)cccc21. The zero-order chi connectivity index (χ0) is 15.4. The van der Waals surface area contributed by atoms with E-state index in [0.29, 0.717) is 11.5 Å². The molecule has 0 saturated heterocycles. The molecule has 1 aliphatic rings. The predicted octanol–water partition coefficient (Wildman–Crippen LogP) is 4.69. The van der Waals surface area contributed by atoms with Gasteiger partial charge in [0.15, 0.2) is 0 Å². The minimum atomic E-state index is 0.653. The van der Waals surface area contributed by atoms with Gasteiger partial charge in [-0.2, -0.15) is 0 Å². The maximum absolute atomic E-state index is 10.6. The summed E-state index contributed by atoms with van der Waals surface area (Å²) in [6, 6.07) is 14.0. The first-order valence-electron chi connectivity index (χ1n) is 7.56. The van der Waals surface area contributed by atoms with E-state index in [4.69, 9.17) is 0 Å². The lowest BCUT2D eigenvalue weighted by Crippen LogP contribution is -2.06. The van der Waals surface area contributed by atoms with Gasteiger partial charge < -0.3 is 0 Å². The third kappa shape index (κ3) is 3.26. The number of rotatable bonds is 2. The second-order valence-corrected chi connectivity index (χ2v) is 6.70. The summed E-state index contributed by atoms with van der Waals surface area (Å²) in [4.78, 5) is 12.1. The van der Waals surface area contributed by atoms with Crippen LogP contribution in [-0.4, -0.2) is 12.0 Å². The molecule has 3 rings (SSSR count). The Balaban J connectivity index is 1.78. The Hall–Kier alpha value is -1.98. The van der Waals surface area contributed by atoms with Crippen molar-refractivity contribution in [3.8, 4) is 11.8 Å². The van der Waals surface area contributed by atoms with Crippen LogP contribution in [0.2, 0.25) is 0 Å². The van der Waals surface area contributed by atoms with Crippen molar-refractivity contribution in [3.05, 3.63) is 64.7 Å². The van der Waals surface area contributed by atoms with Crippen molar-refractivity contribution in [1.29, 1.82) is 0 Å². The van der Waals surface area contributed by atoms with Crippen molar-refractivity contribution in [3.63, 3.8) is 0 Å². The molecule has 0 aromatic heterocycles. The smallest absolute Gasteiger partial charge is 0.150 e. The van der Waals surface area contributed by atoms with Gasteiger partial charge in [-0.15, -0.1) is 11.8 Å². The zero-order valence-electron chi connectivity index (χ0n) is 12.6. The number of benzene rings is 2. The third-order valence-electron chi connectivity index (χ3n) is 4.01. The Bertz CT molecular complexity index is 735. The van der Waals surface area contributed by atoms with E-state index in [1.165, 1.54) is 28.2 Å². The molecule has 0 spiro atoms. The molecule has 0 aliphatic carbocycles. The van der Waals surface area contributed by atoms with Crippen molar-refractivity contribution in [1.82, 2.24) is 0 Å². The van der Waals surface area contributed by atoms with Crippen LogP contribution in [0.3, 0.4) is 0 Å². The van der Waals surface area contributed by atoms with Crippen LogP contribution in [0.15, 0.2) is 47.4 Å². The molecule has 1 heterocycles. The Morgan fingerprint density at radius 2 is 2.05 bits per heavy atom. The van der Waals surface area contributed by atoms with Gasteiger partial charge in [-0.25, -0.2) is 0 Å². The summed E-state index contributed by atoms with van der Waals surface area (Å²) in [7, 11) is 0. The first-order chi connectivity index (χ1) is 10.8.